The van der Waals surface area contributed by atoms with Crippen LogP contribution in [-0.4, -0.2) is 19.8 Å². The van der Waals surface area contributed by atoms with E-state index in [9.17, 15) is 4.39 Å². The summed E-state index contributed by atoms with van der Waals surface area (Å²) in [6, 6.07) is 4.54. The van der Waals surface area contributed by atoms with E-state index in [1.807, 2.05) is 6.92 Å². The van der Waals surface area contributed by atoms with Crippen LogP contribution in [0.1, 0.15) is 5.82 Å². The molecule has 0 saturated carbocycles. The third-order valence-corrected chi connectivity index (χ3v) is 2.36. The zero-order valence-electron chi connectivity index (χ0n) is 7.98. The second-order valence-corrected chi connectivity index (χ2v) is 3.36. The Bertz CT molecular complexity index is 659. The van der Waals surface area contributed by atoms with Crippen molar-refractivity contribution in [2.45, 2.75) is 6.92 Å². The average molecular weight is 202 g/mol. The number of nitrogens with zero attached hydrogens (tertiary/aromatic N) is 4. The zero-order valence-corrected chi connectivity index (χ0v) is 7.98. The van der Waals surface area contributed by atoms with E-state index in [-0.39, 0.29) is 5.82 Å². The van der Waals surface area contributed by atoms with E-state index < -0.39 is 0 Å². The summed E-state index contributed by atoms with van der Waals surface area (Å²) in [6.45, 7) is 1.82. The first-order valence-electron chi connectivity index (χ1n) is 4.52. The normalized spacial score (nSPS) is 11.3. The lowest BCUT2D eigenvalue weighted by atomic mass is 10.2. The molecule has 3 rings (SSSR count). The molecule has 4 nitrogen and oxygen atoms in total. The Morgan fingerprint density at radius 1 is 1.27 bits per heavy atom. The molecule has 3 aromatic rings. The number of hydrogen-bond acceptors (Lipinski definition) is 3. The van der Waals surface area contributed by atoms with Crippen LogP contribution in [0, 0.1) is 12.7 Å². The van der Waals surface area contributed by atoms with Gasteiger partial charge in [-0.25, -0.2) is 4.39 Å². The maximum absolute atomic E-state index is 13.0. The second kappa shape index (κ2) is 2.73. The molecule has 0 aliphatic heterocycles. The van der Waals surface area contributed by atoms with Gasteiger partial charge in [-0.15, -0.1) is 10.2 Å². The van der Waals surface area contributed by atoms with Gasteiger partial charge in [0.15, 0.2) is 11.5 Å². The zero-order chi connectivity index (χ0) is 10.4. The topological polar surface area (TPSA) is 43.1 Å². The maximum atomic E-state index is 13.0. The van der Waals surface area contributed by atoms with Crippen molar-refractivity contribution < 1.29 is 4.39 Å². The number of aromatic nitrogens is 4. The van der Waals surface area contributed by atoms with Crippen molar-refractivity contribution in [3.63, 3.8) is 0 Å². The lowest BCUT2D eigenvalue weighted by Gasteiger charge is -1.99. The molecule has 2 heterocycles. The summed E-state index contributed by atoms with van der Waals surface area (Å²) < 4.78 is 14.6. The van der Waals surface area contributed by atoms with Crippen LogP contribution in [0.25, 0.3) is 16.4 Å². The molecule has 0 amide bonds. The molecule has 0 atom stereocenters. The largest absolute Gasteiger partial charge is 0.207 e. The highest BCUT2D eigenvalue weighted by Crippen LogP contribution is 2.18. The van der Waals surface area contributed by atoms with Crippen LogP contribution in [-0.2, 0) is 0 Å². The Morgan fingerprint density at radius 3 is 3.00 bits per heavy atom. The molecule has 0 aliphatic carbocycles. The van der Waals surface area contributed by atoms with Crippen molar-refractivity contribution in [3.05, 3.63) is 36.0 Å². The van der Waals surface area contributed by atoms with Gasteiger partial charge < -0.3 is 0 Å². The quantitative estimate of drug-likeness (QED) is 0.557. The summed E-state index contributed by atoms with van der Waals surface area (Å²) in [5.74, 6) is 0.445. The van der Waals surface area contributed by atoms with Crippen LogP contribution in [0.2, 0.25) is 0 Å². The van der Waals surface area contributed by atoms with Gasteiger partial charge in [-0.05, 0) is 25.1 Å². The van der Waals surface area contributed by atoms with Gasteiger partial charge in [0.2, 0.25) is 0 Å². The Kier molecular flexibility index (Phi) is 1.50. The minimum absolute atomic E-state index is 0.273. The molecule has 0 spiro atoms. The molecular formula is C10H7FN4. The van der Waals surface area contributed by atoms with E-state index in [1.54, 1.807) is 16.8 Å². The summed E-state index contributed by atoms with van der Waals surface area (Å²) in [4.78, 5) is 0. The summed E-state index contributed by atoms with van der Waals surface area (Å²) in [7, 11) is 0. The third kappa shape index (κ3) is 1.09. The summed E-state index contributed by atoms with van der Waals surface area (Å²) in [5, 5.41) is 13.6. The lowest BCUT2D eigenvalue weighted by Crippen LogP contribution is -1.94. The maximum Gasteiger partial charge on any atom is 0.185 e. The van der Waals surface area contributed by atoms with Gasteiger partial charge in [0.05, 0.1) is 6.20 Å². The molecule has 0 N–H and O–H groups in total. The van der Waals surface area contributed by atoms with Gasteiger partial charge in [0.25, 0.3) is 0 Å². The van der Waals surface area contributed by atoms with Crippen molar-refractivity contribution in [1.82, 2.24) is 19.8 Å². The minimum Gasteiger partial charge on any atom is -0.207 e. The Balaban J connectivity index is 2.55. The van der Waals surface area contributed by atoms with Gasteiger partial charge in [0, 0.05) is 10.8 Å². The van der Waals surface area contributed by atoms with Gasteiger partial charge in [-0.1, -0.05) is 0 Å². The first-order chi connectivity index (χ1) is 7.25. The molecule has 5 heteroatoms. The summed E-state index contributed by atoms with van der Waals surface area (Å²) in [5.41, 5.74) is 0.657. The SMILES string of the molecule is Cc1nnc2c3ccc(F)cc3cnn12. The Labute approximate surface area is 84.4 Å². The van der Waals surface area contributed by atoms with E-state index in [1.165, 1.54) is 12.1 Å². The van der Waals surface area contributed by atoms with Crippen molar-refractivity contribution in [1.29, 1.82) is 0 Å². The first-order valence-corrected chi connectivity index (χ1v) is 4.52. The molecule has 2 aromatic heterocycles. The lowest BCUT2D eigenvalue weighted by molar-refractivity contribution is 0.629. The van der Waals surface area contributed by atoms with Crippen LogP contribution in [0.15, 0.2) is 24.4 Å². The molecule has 0 radical (unpaired) electrons. The highest BCUT2D eigenvalue weighted by molar-refractivity contribution is 5.92. The number of benzene rings is 1. The fraction of sp³-hybridized carbons (Fsp3) is 0.100. The van der Waals surface area contributed by atoms with E-state index in [4.69, 9.17) is 0 Å². The van der Waals surface area contributed by atoms with E-state index in [0.717, 1.165) is 16.6 Å². The fourth-order valence-electron chi connectivity index (χ4n) is 1.63. The van der Waals surface area contributed by atoms with E-state index >= 15 is 0 Å². The number of hydrogen-bond donors (Lipinski definition) is 0. The Hall–Kier alpha value is -2.04. The first kappa shape index (κ1) is 8.28. The number of halogens is 1. The molecule has 0 unspecified atom stereocenters. The fourth-order valence-corrected chi connectivity index (χ4v) is 1.63. The number of aryl methyl sites for hydroxylation is 1. The van der Waals surface area contributed by atoms with Crippen LogP contribution < -0.4 is 0 Å². The molecule has 0 bridgehead atoms. The Morgan fingerprint density at radius 2 is 2.13 bits per heavy atom. The van der Waals surface area contributed by atoms with E-state index in [2.05, 4.69) is 15.3 Å². The number of rotatable bonds is 0. The van der Waals surface area contributed by atoms with Crippen molar-refractivity contribution >= 4 is 16.4 Å². The molecule has 74 valence electrons. The van der Waals surface area contributed by atoms with Crippen molar-refractivity contribution in [3.8, 4) is 0 Å². The van der Waals surface area contributed by atoms with Gasteiger partial charge in [-0.2, -0.15) is 9.61 Å². The molecular weight excluding hydrogens is 195 g/mol. The predicted molar refractivity (Wildman–Crippen MR) is 53.0 cm³/mol. The molecule has 1 aromatic carbocycles. The summed E-state index contributed by atoms with van der Waals surface area (Å²) >= 11 is 0. The monoisotopic (exact) mass is 202 g/mol. The van der Waals surface area contributed by atoms with Crippen LogP contribution in [0.3, 0.4) is 0 Å². The van der Waals surface area contributed by atoms with Crippen LogP contribution in [0.5, 0.6) is 0 Å². The van der Waals surface area contributed by atoms with Crippen LogP contribution in [0.4, 0.5) is 4.39 Å². The smallest absolute Gasteiger partial charge is 0.185 e. The standard InChI is InChI=1S/C10H7FN4/c1-6-13-14-10-9-3-2-8(11)4-7(9)5-12-15(6)10/h2-5H,1H3. The summed E-state index contributed by atoms with van der Waals surface area (Å²) in [6.07, 6.45) is 1.61. The third-order valence-electron chi connectivity index (χ3n) is 2.36. The van der Waals surface area contributed by atoms with Crippen molar-refractivity contribution in [2.24, 2.45) is 0 Å². The molecule has 15 heavy (non-hydrogen) atoms. The average Bonchev–Trinajstić information content (AvgIpc) is 2.60. The molecule has 0 saturated heterocycles. The van der Waals surface area contributed by atoms with E-state index in [0.29, 0.717) is 5.65 Å². The highest BCUT2D eigenvalue weighted by atomic mass is 19.1. The van der Waals surface area contributed by atoms with Gasteiger partial charge >= 0.3 is 0 Å². The van der Waals surface area contributed by atoms with Crippen molar-refractivity contribution in [2.75, 3.05) is 0 Å². The van der Waals surface area contributed by atoms with Gasteiger partial charge in [-0.3, -0.25) is 0 Å². The second-order valence-electron chi connectivity index (χ2n) is 3.36. The number of fused-ring (bicyclic) bond motifs is 3. The molecule has 0 aliphatic rings. The highest BCUT2D eigenvalue weighted by Gasteiger charge is 2.06. The molecule has 0 fully saturated rings. The van der Waals surface area contributed by atoms with Gasteiger partial charge in [0.1, 0.15) is 5.82 Å². The predicted octanol–water partition coefficient (Wildman–Crippen LogP) is 1.73. The minimum atomic E-state index is -0.273. The van der Waals surface area contributed by atoms with Crippen LogP contribution >= 0.6 is 0 Å².